The zero-order chi connectivity index (χ0) is 8.74. The highest BCUT2D eigenvalue weighted by atomic mass is 19.3. The normalized spacial score (nSPS) is 9.64. The second-order valence-electron chi connectivity index (χ2n) is 1.67. The van der Waals surface area contributed by atoms with E-state index in [2.05, 4.69) is 9.98 Å². The standard InChI is InChI=1S/C5H4F2N2O2/c6-5(7,1-8-3-10)2-9-4-11/h1-2H2. The highest BCUT2D eigenvalue weighted by Crippen LogP contribution is 2.12. The average Bonchev–Trinajstić information content (AvgIpc) is 1.97. The second-order valence-corrected chi connectivity index (χ2v) is 1.67. The number of halogens is 2. The molecule has 0 unspecified atom stereocenters. The molecule has 0 atom stereocenters. The van der Waals surface area contributed by atoms with E-state index in [1.165, 1.54) is 0 Å². The maximum Gasteiger partial charge on any atom is 0.288 e. The van der Waals surface area contributed by atoms with Crippen molar-refractivity contribution in [3.63, 3.8) is 0 Å². The molecule has 0 N–H and O–H groups in total. The Morgan fingerprint density at radius 3 is 1.73 bits per heavy atom. The molecule has 0 radical (unpaired) electrons. The molecule has 0 aliphatic heterocycles. The van der Waals surface area contributed by atoms with Crippen molar-refractivity contribution in [2.24, 2.45) is 9.98 Å². The molecule has 0 fully saturated rings. The minimum absolute atomic E-state index is 0.955. The van der Waals surface area contributed by atoms with Gasteiger partial charge in [-0.2, -0.15) is 9.98 Å². The van der Waals surface area contributed by atoms with E-state index in [1.807, 2.05) is 0 Å². The average molecular weight is 162 g/mol. The summed E-state index contributed by atoms with van der Waals surface area (Å²) in [5.74, 6) is -3.26. The summed E-state index contributed by atoms with van der Waals surface area (Å²) >= 11 is 0. The second kappa shape index (κ2) is 4.44. The van der Waals surface area contributed by atoms with Gasteiger partial charge in [0.1, 0.15) is 13.1 Å². The van der Waals surface area contributed by atoms with Crippen LogP contribution in [-0.4, -0.2) is 31.2 Å². The van der Waals surface area contributed by atoms with Gasteiger partial charge in [-0.25, -0.2) is 18.4 Å². The summed E-state index contributed by atoms with van der Waals surface area (Å²) in [6.45, 7) is -2.00. The Labute approximate surface area is 60.6 Å². The van der Waals surface area contributed by atoms with E-state index in [0.29, 0.717) is 0 Å². The predicted octanol–water partition coefficient (Wildman–Crippen LogP) is 0.293. The summed E-state index contributed by atoms with van der Waals surface area (Å²) in [5, 5.41) is 0. The molecule has 60 valence electrons. The fraction of sp³-hybridized carbons (Fsp3) is 0.600. The predicted molar refractivity (Wildman–Crippen MR) is 30.9 cm³/mol. The van der Waals surface area contributed by atoms with Gasteiger partial charge in [0.05, 0.1) is 0 Å². The third-order valence-corrected chi connectivity index (χ3v) is 0.750. The monoisotopic (exact) mass is 162 g/mol. The van der Waals surface area contributed by atoms with Crippen LogP contribution in [0.4, 0.5) is 8.78 Å². The fourth-order valence-corrected chi connectivity index (χ4v) is 0.346. The molecule has 6 heteroatoms. The molecule has 0 saturated carbocycles. The molecule has 0 bridgehead atoms. The van der Waals surface area contributed by atoms with Gasteiger partial charge in [0.2, 0.25) is 12.2 Å². The van der Waals surface area contributed by atoms with Gasteiger partial charge in [0, 0.05) is 0 Å². The number of alkyl halides is 2. The molecule has 11 heavy (non-hydrogen) atoms. The number of carbonyl (C=O) groups excluding carboxylic acids is 2. The lowest BCUT2D eigenvalue weighted by atomic mass is 10.3. The lowest BCUT2D eigenvalue weighted by Gasteiger charge is -2.06. The van der Waals surface area contributed by atoms with Crippen molar-refractivity contribution >= 4 is 12.2 Å². The summed E-state index contributed by atoms with van der Waals surface area (Å²) in [5.41, 5.74) is 0. The number of isocyanates is 2. The Hall–Kier alpha value is -1.38. The van der Waals surface area contributed by atoms with Gasteiger partial charge in [-0.05, 0) is 0 Å². The Kier molecular flexibility index (Phi) is 3.88. The van der Waals surface area contributed by atoms with Crippen LogP contribution in [0.5, 0.6) is 0 Å². The molecule has 4 nitrogen and oxygen atoms in total. The number of aliphatic imine (C=N–C) groups is 2. The van der Waals surface area contributed by atoms with Crippen molar-refractivity contribution in [2.45, 2.75) is 5.92 Å². The van der Waals surface area contributed by atoms with E-state index in [0.717, 1.165) is 12.2 Å². The Balaban J connectivity index is 3.98. The molecule has 0 aromatic rings. The number of rotatable bonds is 4. The summed E-state index contributed by atoms with van der Waals surface area (Å²) in [6.07, 6.45) is 1.91. The van der Waals surface area contributed by atoms with Crippen LogP contribution in [-0.2, 0) is 9.59 Å². The first kappa shape index (κ1) is 9.62. The van der Waals surface area contributed by atoms with Crippen LogP contribution in [0.3, 0.4) is 0 Å². The Morgan fingerprint density at radius 2 is 1.45 bits per heavy atom. The smallest absolute Gasteiger partial charge is 0.211 e. The van der Waals surface area contributed by atoms with E-state index in [9.17, 15) is 18.4 Å². The van der Waals surface area contributed by atoms with E-state index in [4.69, 9.17) is 0 Å². The third kappa shape index (κ3) is 5.08. The maximum absolute atomic E-state index is 12.3. The van der Waals surface area contributed by atoms with Gasteiger partial charge in [0.15, 0.2) is 0 Å². The minimum atomic E-state index is -3.26. The quantitative estimate of drug-likeness (QED) is 0.440. The topological polar surface area (TPSA) is 58.9 Å². The van der Waals surface area contributed by atoms with Crippen molar-refractivity contribution in [3.8, 4) is 0 Å². The zero-order valence-corrected chi connectivity index (χ0v) is 5.38. The van der Waals surface area contributed by atoms with E-state index < -0.39 is 19.0 Å². The lowest BCUT2D eigenvalue weighted by Crippen LogP contribution is -2.24. The van der Waals surface area contributed by atoms with Crippen molar-refractivity contribution in [1.82, 2.24) is 0 Å². The van der Waals surface area contributed by atoms with Crippen LogP contribution < -0.4 is 0 Å². The first-order valence-electron chi connectivity index (χ1n) is 2.57. The number of nitrogens with zero attached hydrogens (tertiary/aromatic N) is 2. The van der Waals surface area contributed by atoms with E-state index in [1.54, 1.807) is 0 Å². The van der Waals surface area contributed by atoms with Crippen molar-refractivity contribution < 1.29 is 18.4 Å². The molecule has 0 rings (SSSR count). The highest BCUT2D eigenvalue weighted by Gasteiger charge is 2.28. The van der Waals surface area contributed by atoms with Gasteiger partial charge in [-0.1, -0.05) is 0 Å². The SMILES string of the molecule is O=C=NCC(F)(F)CN=C=O. The molecule has 0 aliphatic carbocycles. The molecule has 0 amide bonds. The van der Waals surface area contributed by atoms with Crippen LogP contribution in [0.1, 0.15) is 0 Å². The molecule has 0 saturated heterocycles. The van der Waals surface area contributed by atoms with Crippen LogP contribution >= 0.6 is 0 Å². The largest absolute Gasteiger partial charge is 0.288 e. The summed E-state index contributed by atoms with van der Waals surface area (Å²) in [4.78, 5) is 24.1. The minimum Gasteiger partial charge on any atom is -0.211 e. The zero-order valence-electron chi connectivity index (χ0n) is 5.38. The first-order chi connectivity index (χ1) is 5.12. The van der Waals surface area contributed by atoms with Crippen molar-refractivity contribution in [1.29, 1.82) is 0 Å². The fourth-order valence-electron chi connectivity index (χ4n) is 0.346. The van der Waals surface area contributed by atoms with E-state index in [-0.39, 0.29) is 0 Å². The van der Waals surface area contributed by atoms with Gasteiger partial charge in [-0.3, -0.25) is 0 Å². The molecular weight excluding hydrogens is 158 g/mol. The first-order valence-corrected chi connectivity index (χ1v) is 2.57. The molecule has 0 heterocycles. The van der Waals surface area contributed by atoms with Crippen LogP contribution in [0.2, 0.25) is 0 Å². The third-order valence-electron chi connectivity index (χ3n) is 0.750. The van der Waals surface area contributed by atoms with Gasteiger partial charge < -0.3 is 0 Å². The maximum atomic E-state index is 12.3. The highest BCUT2D eigenvalue weighted by molar-refractivity contribution is 5.34. The lowest BCUT2D eigenvalue weighted by molar-refractivity contribution is 0.0220. The molecule has 0 aromatic heterocycles. The molecule has 0 aromatic carbocycles. The van der Waals surface area contributed by atoms with Crippen molar-refractivity contribution in [2.75, 3.05) is 13.1 Å². The summed E-state index contributed by atoms with van der Waals surface area (Å²) in [7, 11) is 0. The summed E-state index contributed by atoms with van der Waals surface area (Å²) in [6, 6.07) is 0. The number of hydrogen-bond acceptors (Lipinski definition) is 4. The Morgan fingerprint density at radius 1 is 1.09 bits per heavy atom. The Bertz CT molecular complexity index is 195. The van der Waals surface area contributed by atoms with Gasteiger partial charge >= 0.3 is 0 Å². The molecule has 0 spiro atoms. The molecule has 0 aliphatic rings. The molecular formula is C5H4F2N2O2. The van der Waals surface area contributed by atoms with Crippen LogP contribution in [0.25, 0.3) is 0 Å². The number of hydrogen-bond donors (Lipinski definition) is 0. The van der Waals surface area contributed by atoms with Gasteiger partial charge in [0.25, 0.3) is 5.92 Å². The van der Waals surface area contributed by atoms with E-state index >= 15 is 0 Å². The summed E-state index contributed by atoms with van der Waals surface area (Å²) < 4.78 is 24.5. The van der Waals surface area contributed by atoms with Crippen LogP contribution in [0, 0.1) is 0 Å². The van der Waals surface area contributed by atoms with Crippen molar-refractivity contribution in [3.05, 3.63) is 0 Å². The van der Waals surface area contributed by atoms with Crippen LogP contribution in [0.15, 0.2) is 9.98 Å². The van der Waals surface area contributed by atoms with Gasteiger partial charge in [-0.15, -0.1) is 0 Å².